The lowest BCUT2D eigenvalue weighted by Crippen LogP contribution is -2.34. The number of Topliss-reactive ketones (excluding diaryl/α,β-unsaturated/α-hetero) is 1. The molecule has 1 aromatic carbocycles. The summed E-state index contributed by atoms with van der Waals surface area (Å²) < 4.78 is 25.0. The van der Waals surface area contributed by atoms with Gasteiger partial charge in [-0.15, -0.1) is 0 Å². The van der Waals surface area contributed by atoms with Gasteiger partial charge in [-0.1, -0.05) is 18.2 Å². The fourth-order valence-electron chi connectivity index (χ4n) is 2.27. The summed E-state index contributed by atoms with van der Waals surface area (Å²) in [4.78, 5) is 15.4. The molecular formula is C17H18N2O4S. The van der Waals surface area contributed by atoms with Gasteiger partial charge < -0.3 is 5.11 Å². The second-order valence-electron chi connectivity index (χ2n) is 5.19. The number of ketones is 1. The van der Waals surface area contributed by atoms with Gasteiger partial charge in [0, 0.05) is 31.4 Å². The number of carbonyl (C=O) groups excluding carboxylic acids is 1. The first-order valence-electron chi connectivity index (χ1n) is 7.17. The van der Waals surface area contributed by atoms with Gasteiger partial charge >= 0.3 is 0 Å². The summed E-state index contributed by atoms with van der Waals surface area (Å²) in [6, 6.07) is 11.9. The van der Waals surface area contributed by atoms with Gasteiger partial charge in [0.05, 0.1) is 4.90 Å². The average Bonchev–Trinajstić information content (AvgIpc) is 2.55. The van der Waals surface area contributed by atoms with Gasteiger partial charge in [-0.3, -0.25) is 14.1 Å². The molecule has 0 saturated heterocycles. The second kappa shape index (κ2) is 6.84. The van der Waals surface area contributed by atoms with E-state index in [2.05, 4.69) is 4.98 Å². The number of hydrogen-bond donors (Lipinski definition) is 1. The quantitative estimate of drug-likeness (QED) is 0.857. The number of carbonyl (C=O) groups is 1. The fourth-order valence-corrected chi connectivity index (χ4v) is 3.71. The molecule has 2 heterocycles. The minimum Gasteiger partial charge on any atom is -0.505 e. The van der Waals surface area contributed by atoms with Gasteiger partial charge in [-0.25, -0.2) is 8.42 Å². The van der Waals surface area contributed by atoms with Crippen LogP contribution in [0.4, 0.5) is 0 Å². The Labute approximate surface area is 141 Å². The van der Waals surface area contributed by atoms with E-state index >= 15 is 0 Å². The molecule has 0 saturated carbocycles. The van der Waals surface area contributed by atoms with E-state index in [9.17, 15) is 18.3 Å². The summed E-state index contributed by atoms with van der Waals surface area (Å²) in [7, 11) is -2.50. The van der Waals surface area contributed by atoms with E-state index in [0.717, 1.165) is 10.00 Å². The van der Waals surface area contributed by atoms with Crippen LogP contribution < -0.4 is 0 Å². The van der Waals surface area contributed by atoms with Crippen molar-refractivity contribution in [1.29, 1.82) is 0 Å². The Morgan fingerprint density at radius 1 is 1.12 bits per heavy atom. The van der Waals surface area contributed by atoms with Gasteiger partial charge in [0.2, 0.25) is 0 Å². The number of benzene rings is 1. The minimum atomic E-state index is -3.75. The normalized spacial score (nSPS) is 15.2. The predicted molar refractivity (Wildman–Crippen MR) is 90.6 cm³/mol. The van der Waals surface area contributed by atoms with Crippen LogP contribution in [0, 0.1) is 6.92 Å². The number of rotatable bonds is 1. The number of fused-ring (bicyclic) bond motifs is 1. The van der Waals surface area contributed by atoms with Crippen molar-refractivity contribution in [3.05, 3.63) is 65.6 Å². The molecule has 3 rings (SSSR count). The van der Waals surface area contributed by atoms with Crippen LogP contribution in [0.5, 0.6) is 0 Å². The molecule has 0 amide bonds. The summed E-state index contributed by atoms with van der Waals surface area (Å²) in [5, 5.41) is 9.95. The highest BCUT2D eigenvalue weighted by atomic mass is 32.2. The smallest absolute Gasteiger partial charge is 0.265 e. The molecule has 1 N–H and O–H groups in total. The van der Waals surface area contributed by atoms with Crippen LogP contribution in [0.3, 0.4) is 0 Å². The first-order valence-corrected chi connectivity index (χ1v) is 8.61. The van der Waals surface area contributed by atoms with E-state index in [-0.39, 0.29) is 21.9 Å². The van der Waals surface area contributed by atoms with Crippen molar-refractivity contribution in [3.8, 4) is 0 Å². The SMILES string of the molecule is CC(=O)C1=C(O)c2ccccc2S(=O)(=O)N1C.Cc1ccccn1. The lowest BCUT2D eigenvalue weighted by atomic mass is 10.1. The lowest BCUT2D eigenvalue weighted by Gasteiger charge is -2.27. The van der Waals surface area contributed by atoms with Gasteiger partial charge in [-0.05, 0) is 31.2 Å². The molecular weight excluding hydrogens is 328 g/mol. The van der Waals surface area contributed by atoms with Crippen LogP contribution in [-0.4, -0.2) is 35.6 Å². The molecule has 0 atom stereocenters. The number of aromatic nitrogens is 1. The number of pyridine rings is 1. The number of hydrogen-bond acceptors (Lipinski definition) is 5. The number of sulfonamides is 1. The van der Waals surface area contributed by atoms with Crippen molar-refractivity contribution < 1.29 is 18.3 Å². The highest BCUT2D eigenvalue weighted by Crippen LogP contribution is 2.34. The zero-order valence-electron chi connectivity index (χ0n) is 13.6. The summed E-state index contributed by atoms with van der Waals surface area (Å²) >= 11 is 0. The molecule has 0 fully saturated rings. The Balaban J connectivity index is 0.000000249. The molecule has 1 aliphatic rings. The number of nitrogens with zero attached hydrogens (tertiary/aromatic N) is 2. The maximum atomic E-state index is 12.1. The Hall–Kier alpha value is -2.67. The Morgan fingerprint density at radius 2 is 1.75 bits per heavy atom. The van der Waals surface area contributed by atoms with Crippen LogP contribution in [0.25, 0.3) is 5.76 Å². The summed E-state index contributed by atoms with van der Waals surface area (Å²) in [6.07, 6.45) is 1.79. The van der Waals surface area contributed by atoms with Crippen LogP contribution in [0.1, 0.15) is 18.2 Å². The molecule has 6 nitrogen and oxygen atoms in total. The monoisotopic (exact) mass is 346 g/mol. The second-order valence-corrected chi connectivity index (χ2v) is 7.13. The Kier molecular flexibility index (Phi) is 5.04. The molecule has 0 radical (unpaired) electrons. The van der Waals surface area contributed by atoms with Gasteiger partial charge in [0.15, 0.2) is 11.5 Å². The summed E-state index contributed by atoms with van der Waals surface area (Å²) in [5.74, 6) is -0.798. The van der Waals surface area contributed by atoms with E-state index in [1.54, 1.807) is 18.3 Å². The molecule has 0 unspecified atom stereocenters. The van der Waals surface area contributed by atoms with Crippen molar-refractivity contribution in [2.45, 2.75) is 18.7 Å². The van der Waals surface area contributed by atoms with E-state index in [1.807, 2.05) is 25.1 Å². The molecule has 1 aliphatic heterocycles. The number of allylic oxidation sites excluding steroid dienone is 1. The van der Waals surface area contributed by atoms with Crippen LogP contribution in [-0.2, 0) is 14.8 Å². The van der Waals surface area contributed by atoms with Crippen LogP contribution >= 0.6 is 0 Å². The largest absolute Gasteiger partial charge is 0.505 e. The first kappa shape index (κ1) is 17.7. The predicted octanol–water partition coefficient (Wildman–Crippen LogP) is 2.53. The maximum absolute atomic E-state index is 12.1. The number of likely N-dealkylation sites (N-methyl/N-ethyl adjacent to an activating group) is 1. The average molecular weight is 346 g/mol. The third kappa shape index (κ3) is 3.30. The van der Waals surface area contributed by atoms with Gasteiger partial charge in [-0.2, -0.15) is 0 Å². The van der Waals surface area contributed by atoms with Gasteiger partial charge in [0.1, 0.15) is 5.70 Å². The fraction of sp³-hybridized carbons (Fsp3) is 0.176. The van der Waals surface area contributed by atoms with Crippen molar-refractivity contribution in [1.82, 2.24) is 9.29 Å². The van der Waals surface area contributed by atoms with Gasteiger partial charge in [0.25, 0.3) is 10.0 Å². The third-order valence-corrected chi connectivity index (χ3v) is 5.28. The highest BCUT2D eigenvalue weighted by Gasteiger charge is 2.36. The van der Waals surface area contributed by atoms with Crippen molar-refractivity contribution in [2.75, 3.05) is 7.05 Å². The maximum Gasteiger partial charge on any atom is 0.265 e. The molecule has 2 aromatic rings. The summed E-state index contributed by atoms with van der Waals surface area (Å²) in [6.45, 7) is 3.19. The Morgan fingerprint density at radius 3 is 2.25 bits per heavy atom. The topological polar surface area (TPSA) is 87.6 Å². The van der Waals surface area contributed by atoms with Crippen molar-refractivity contribution in [3.63, 3.8) is 0 Å². The number of aliphatic hydroxyl groups is 1. The van der Waals surface area contributed by atoms with Crippen molar-refractivity contribution >= 4 is 21.6 Å². The van der Waals surface area contributed by atoms with E-state index in [1.165, 1.54) is 26.1 Å². The number of aliphatic hydroxyl groups excluding tert-OH is 1. The van der Waals surface area contributed by atoms with Crippen molar-refractivity contribution in [2.24, 2.45) is 0 Å². The van der Waals surface area contributed by atoms with Crippen LogP contribution in [0.2, 0.25) is 0 Å². The molecule has 24 heavy (non-hydrogen) atoms. The number of aryl methyl sites for hydroxylation is 1. The summed E-state index contributed by atoms with van der Waals surface area (Å²) in [5.41, 5.74) is 1.03. The molecule has 1 aromatic heterocycles. The molecule has 126 valence electrons. The Bertz CT molecular complexity index is 890. The van der Waals surface area contributed by atoms with E-state index in [0.29, 0.717) is 0 Å². The van der Waals surface area contributed by atoms with Crippen LogP contribution in [0.15, 0.2) is 59.3 Å². The minimum absolute atomic E-state index is 0.00463. The van der Waals surface area contributed by atoms with E-state index < -0.39 is 15.8 Å². The van der Waals surface area contributed by atoms with E-state index in [4.69, 9.17) is 0 Å². The molecule has 0 aliphatic carbocycles. The molecule has 7 heteroatoms. The zero-order chi connectivity index (χ0) is 17.9. The lowest BCUT2D eigenvalue weighted by molar-refractivity contribution is -0.114. The molecule has 0 bridgehead atoms. The third-order valence-electron chi connectivity index (χ3n) is 3.47. The highest BCUT2D eigenvalue weighted by molar-refractivity contribution is 7.89. The molecule has 0 spiro atoms. The zero-order valence-corrected chi connectivity index (χ0v) is 14.4. The standard InChI is InChI=1S/C11H11NO4S.C6H7N/c1-7(13)10-11(14)8-5-3-4-6-9(8)17(15,16)12(10)2;1-6-4-2-3-5-7-6/h3-6,14H,1-2H3;2-5H,1H3. The first-order chi connectivity index (χ1) is 11.3.